The van der Waals surface area contributed by atoms with E-state index in [-0.39, 0.29) is 5.56 Å². The van der Waals surface area contributed by atoms with Crippen LogP contribution in [0.15, 0.2) is 17.1 Å². The average Bonchev–Trinajstić information content (AvgIpc) is 2.57. The van der Waals surface area contributed by atoms with Gasteiger partial charge in [-0.3, -0.25) is 9.69 Å². The Morgan fingerprint density at radius 3 is 2.93 bits per heavy atom. The molecule has 14 heavy (non-hydrogen) atoms. The van der Waals surface area contributed by atoms with E-state index in [1.807, 2.05) is 19.2 Å². The van der Waals surface area contributed by atoms with Gasteiger partial charge in [0.05, 0.1) is 0 Å². The van der Waals surface area contributed by atoms with E-state index in [2.05, 4.69) is 16.9 Å². The van der Waals surface area contributed by atoms with Gasteiger partial charge < -0.3 is 4.98 Å². The zero-order chi connectivity index (χ0) is 10.1. The van der Waals surface area contributed by atoms with Gasteiger partial charge in [0, 0.05) is 17.8 Å². The summed E-state index contributed by atoms with van der Waals surface area (Å²) < 4.78 is 0. The second-order valence-electron chi connectivity index (χ2n) is 4.08. The summed E-state index contributed by atoms with van der Waals surface area (Å²) >= 11 is 0. The molecule has 0 saturated carbocycles. The van der Waals surface area contributed by atoms with E-state index >= 15 is 0 Å². The molecule has 1 unspecified atom stereocenters. The van der Waals surface area contributed by atoms with Crippen molar-refractivity contribution in [2.75, 3.05) is 13.6 Å². The summed E-state index contributed by atoms with van der Waals surface area (Å²) in [5, 5.41) is 0. The van der Waals surface area contributed by atoms with Crippen LogP contribution < -0.4 is 5.56 Å². The van der Waals surface area contributed by atoms with Gasteiger partial charge in [-0.05, 0) is 45.0 Å². The fraction of sp³-hybridized carbons (Fsp3) is 0.545. The van der Waals surface area contributed by atoms with E-state index in [1.54, 1.807) is 0 Å². The Morgan fingerprint density at radius 2 is 2.36 bits per heavy atom. The van der Waals surface area contributed by atoms with Crippen molar-refractivity contribution < 1.29 is 0 Å². The molecular weight excluding hydrogens is 176 g/mol. The molecule has 3 heteroatoms. The molecule has 2 rings (SSSR count). The van der Waals surface area contributed by atoms with Gasteiger partial charge in [-0.25, -0.2) is 0 Å². The number of aromatic nitrogens is 1. The molecule has 1 atom stereocenters. The van der Waals surface area contributed by atoms with Crippen LogP contribution in [0.2, 0.25) is 0 Å². The molecule has 1 aromatic rings. The summed E-state index contributed by atoms with van der Waals surface area (Å²) in [5.41, 5.74) is 2.07. The van der Waals surface area contributed by atoms with E-state index in [0.29, 0.717) is 6.04 Å². The van der Waals surface area contributed by atoms with Crippen molar-refractivity contribution in [2.45, 2.75) is 25.8 Å². The Kier molecular flexibility index (Phi) is 2.42. The van der Waals surface area contributed by atoms with Crippen molar-refractivity contribution in [2.24, 2.45) is 0 Å². The molecule has 0 aromatic carbocycles. The first kappa shape index (κ1) is 9.46. The normalized spacial score (nSPS) is 22.9. The molecule has 3 nitrogen and oxygen atoms in total. The van der Waals surface area contributed by atoms with E-state index in [9.17, 15) is 4.79 Å². The van der Waals surface area contributed by atoms with E-state index in [1.165, 1.54) is 18.4 Å². The van der Waals surface area contributed by atoms with Gasteiger partial charge in [-0.15, -0.1) is 0 Å². The molecule has 1 fully saturated rings. The largest absolute Gasteiger partial charge is 0.329 e. The summed E-state index contributed by atoms with van der Waals surface area (Å²) in [4.78, 5) is 16.3. The third-order valence-corrected chi connectivity index (χ3v) is 3.02. The van der Waals surface area contributed by atoms with Crippen LogP contribution in [0.3, 0.4) is 0 Å². The smallest absolute Gasteiger partial charge is 0.250 e. The summed E-state index contributed by atoms with van der Waals surface area (Å²) in [6, 6.07) is 2.50. The molecule has 0 amide bonds. The van der Waals surface area contributed by atoms with Gasteiger partial charge in [0.2, 0.25) is 0 Å². The zero-order valence-electron chi connectivity index (χ0n) is 8.71. The molecule has 0 spiro atoms. The lowest BCUT2D eigenvalue weighted by molar-refractivity contribution is 0.317. The van der Waals surface area contributed by atoms with Gasteiger partial charge in [-0.2, -0.15) is 0 Å². The van der Waals surface area contributed by atoms with Gasteiger partial charge in [0.15, 0.2) is 0 Å². The Balaban J connectivity index is 2.32. The second-order valence-corrected chi connectivity index (χ2v) is 4.08. The van der Waals surface area contributed by atoms with Gasteiger partial charge in [-0.1, -0.05) is 0 Å². The first-order chi connectivity index (χ1) is 6.68. The fourth-order valence-corrected chi connectivity index (χ4v) is 2.14. The van der Waals surface area contributed by atoms with Gasteiger partial charge in [0.1, 0.15) is 0 Å². The quantitative estimate of drug-likeness (QED) is 0.731. The zero-order valence-corrected chi connectivity index (χ0v) is 8.71. The standard InChI is InChI=1S/C11H16N2O/c1-8-6-9(7-12-11(8)14)10-4-3-5-13(10)2/h6-7,10H,3-5H2,1-2H3,(H,12,14). The molecule has 0 radical (unpaired) electrons. The number of aromatic amines is 1. The maximum absolute atomic E-state index is 11.2. The maximum atomic E-state index is 11.2. The number of H-pyrrole nitrogens is 1. The first-order valence-corrected chi connectivity index (χ1v) is 5.08. The third-order valence-electron chi connectivity index (χ3n) is 3.02. The van der Waals surface area contributed by atoms with E-state index in [0.717, 1.165) is 12.1 Å². The molecule has 1 aliphatic heterocycles. The molecule has 1 N–H and O–H groups in total. The van der Waals surface area contributed by atoms with Crippen LogP contribution in [0, 0.1) is 6.92 Å². The Hall–Kier alpha value is -1.09. The highest BCUT2D eigenvalue weighted by atomic mass is 16.1. The Morgan fingerprint density at radius 1 is 1.57 bits per heavy atom. The predicted molar refractivity (Wildman–Crippen MR) is 56.4 cm³/mol. The Labute approximate surface area is 83.8 Å². The van der Waals surface area contributed by atoms with Crippen LogP contribution >= 0.6 is 0 Å². The Bertz CT molecular complexity index is 383. The highest BCUT2D eigenvalue weighted by Gasteiger charge is 2.22. The molecule has 76 valence electrons. The van der Waals surface area contributed by atoms with Crippen molar-refractivity contribution in [3.63, 3.8) is 0 Å². The molecule has 0 bridgehead atoms. The van der Waals surface area contributed by atoms with Crippen LogP contribution in [0.5, 0.6) is 0 Å². The minimum Gasteiger partial charge on any atom is -0.329 e. The SMILES string of the molecule is Cc1cc(C2CCCN2C)c[nH]c1=O. The minimum atomic E-state index is 0.0226. The summed E-state index contributed by atoms with van der Waals surface area (Å²) in [6.07, 6.45) is 4.29. The number of hydrogen-bond donors (Lipinski definition) is 1. The summed E-state index contributed by atoms with van der Waals surface area (Å²) in [7, 11) is 2.14. The topological polar surface area (TPSA) is 36.1 Å². The lowest BCUT2D eigenvalue weighted by Crippen LogP contribution is -2.19. The molecular formula is C11H16N2O. The lowest BCUT2D eigenvalue weighted by Gasteiger charge is -2.19. The van der Waals surface area contributed by atoms with Crippen LogP contribution in [-0.4, -0.2) is 23.5 Å². The molecule has 0 aliphatic carbocycles. The number of rotatable bonds is 1. The van der Waals surface area contributed by atoms with Crippen molar-refractivity contribution in [3.05, 3.63) is 33.7 Å². The molecule has 2 heterocycles. The minimum absolute atomic E-state index is 0.0226. The fourth-order valence-electron chi connectivity index (χ4n) is 2.14. The monoisotopic (exact) mass is 192 g/mol. The second kappa shape index (κ2) is 3.58. The highest BCUT2D eigenvalue weighted by molar-refractivity contribution is 5.21. The number of aryl methyl sites for hydroxylation is 1. The number of nitrogens with zero attached hydrogens (tertiary/aromatic N) is 1. The van der Waals surface area contributed by atoms with E-state index < -0.39 is 0 Å². The van der Waals surface area contributed by atoms with Crippen LogP contribution in [-0.2, 0) is 0 Å². The summed E-state index contributed by atoms with van der Waals surface area (Å²) in [6.45, 7) is 3.01. The lowest BCUT2D eigenvalue weighted by atomic mass is 10.1. The number of nitrogens with one attached hydrogen (secondary N) is 1. The van der Waals surface area contributed by atoms with Gasteiger partial charge >= 0.3 is 0 Å². The van der Waals surface area contributed by atoms with E-state index in [4.69, 9.17) is 0 Å². The van der Waals surface area contributed by atoms with Crippen molar-refractivity contribution >= 4 is 0 Å². The third kappa shape index (κ3) is 1.60. The van der Waals surface area contributed by atoms with Crippen LogP contribution in [0.4, 0.5) is 0 Å². The average molecular weight is 192 g/mol. The number of hydrogen-bond acceptors (Lipinski definition) is 2. The van der Waals surface area contributed by atoms with Gasteiger partial charge in [0.25, 0.3) is 5.56 Å². The maximum Gasteiger partial charge on any atom is 0.250 e. The molecule has 1 aromatic heterocycles. The molecule has 1 saturated heterocycles. The number of pyridine rings is 1. The number of likely N-dealkylation sites (tertiary alicyclic amines) is 1. The molecule has 1 aliphatic rings. The van der Waals surface area contributed by atoms with Crippen molar-refractivity contribution in [1.82, 2.24) is 9.88 Å². The first-order valence-electron chi connectivity index (χ1n) is 5.08. The highest BCUT2D eigenvalue weighted by Crippen LogP contribution is 2.29. The predicted octanol–water partition coefficient (Wildman–Crippen LogP) is 1.45. The summed E-state index contributed by atoms with van der Waals surface area (Å²) in [5.74, 6) is 0. The van der Waals surface area contributed by atoms with Crippen molar-refractivity contribution in [1.29, 1.82) is 0 Å². The van der Waals surface area contributed by atoms with Crippen molar-refractivity contribution in [3.8, 4) is 0 Å². The van der Waals surface area contributed by atoms with Crippen LogP contribution in [0.1, 0.15) is 30.0 Å². The van der Waals surface area contributed by atoms with Crippen LogP contribution in [0.25, 0.3) is 0 Å².